The van der Waals surface area contributed by atoms with Gasteiger partial charge in [-0.1, -0.05) is 48.6 Å². The molecular weight excluding hydrogens is 306 g/mol. The highest BCUT2D eigenvalue weighted by molar-refractivity contribution is 6.09. The van der Waals surface area contributed by atoms with Gasteiger partial charge in [-0.25, -0.2) is 0 Å². The number of hydrogen-bond donors (Lipinski definition) is 0. The number of fused-ring (bicyclic) bond motifs is 4. The van der Waals surface area contributed by atoms with Crippen molar-refractivity contribution in [3.63, 3.8) is 0 Å². The van der Waals surface area contributed by atoms with Crippen molar-refractivity contribution in [2.75, 3.05) is 0 Å². The van der Waals surface area contributed by atoms with Gasteiger partial charge in [0, 0.05) is 27.4 Å². The molecule has 0 fully saturated rings. The van der Waals surface area contributed by atoms with Gasteiger partial charge in [0.2, 0.25) is 0 Å². The van der Waals surface area contributed by atoms with Crippen molar-refractivity contribution < 1.29 is 4.42 Å². The Hall–Kier alpha value is -3.26. The highest BCUT2D eigenvalue weighted by Crippen LogP contribution is 2.33. The van der Waals surface area contributed by atoms with E-state index in [0.29, 0.717) is 0 Å². The smallest absolute Gasteiger partial charge is 0.134 e. The van der Waals surface area contributed by atoms with Crippen LogP contribution in [-0.4, -0.2) is 4.57 Å². The lowest BCUT2D eigenvalue weighted by Gasteiger charge is -2.08. The molecule has 0 radical (unpaired) electrons. The van der Waals surface area contributed by atoms with Gasteiger partial charge in [-0.3, -0.25) is 0 Å². The van der Waals surface area contributed by atoms with Crippen LogP contribution < -0.4 is 0 Å². The van der Waals surface area contributed by atoms with E-state index in [1.165, 1.54) is 21.8 Å². The van der Waals surface area contributed by atoms with Crippen molar-refractivity contribution in [1.82, 2.24) is 4.57 Å². The van der Waals surface area contributed by atoms with Crippen molar-refractivity contribution in [1.29, 1.82) is 0 Å². The van der Waals surface area contributed by atoms with E-state index < -0.39 is 0 Å². The Kier molecular flexibility index (Phi) is 3.04. The van der Waals surface area contributed by atoms with Crippen molar-refractivity contribution in [3.8, 4) is 5.69 Å². The van der Waals surface area contributed by atoms with Crippen LogP contribution in [0.4, 0.5) is 0 Å². The molecule has 0 saturated carbocycles. The first-order valence-electron chi connectivity index (χ1n) is 8.49. The number of aromatic nitrogens is 1. The minimum atomic E-state index is 0.914. The van der Waals surface area contributed by atoms with Gasteiger partial charge in [0.15, 0.2) is 0 Å². The molecule has 0 unspecified atom stereocenters. The minimum Gasteiger partial charge on any atom is -0.464 e. The summed E-state index contributed by atoms with van der Waals surface area (Å²) in [5.74, 6) is 0. The molecule has 120 valence electrons. The van der Waals surface area contributed by atoms with Crippen LogP contribution in [0, 0.1) is 0 Å². The maximum atomic E-state index is 5.69. The number of nitrogens with zero attached hydrogens (tertiary/aromatic N) is 1. The van der Waals surface area contributed by atoms with Gasteiger partial charge in [-0.05, 0) is 37.3 Å². The van der Waals surface area contributed by atoms with Gasteiger partial charge in [0.25, 0.3) is 0 Å². The van der Waals surface area contributed by atoms with Crippen LogP contribution in [0.15, 0.2) is 83.5 Å². The fraction of sp³-hybridized carbons (Fsp3) is 0.0435. The summed E-state index contributed by atoms with van der Waals surface area (Å²) in [6.07, 6.45) is 5.94. The molecule has 0 N–H and O–H groups in total. The highest BCUT2D eigenvalue weighted by Gasteiger charge is 2.12. The van der Waals surface area contributed by atoms with E-state index in [2.05, 4.69) is 77.4 Å². The molecule has 2 nitrogen and oxygen atoms in total. The van der Waals surface area contributed by atoms with E-state index in [-0.39, 0.29) is 0 Å². The Balaban J connectivity index is 1.88. The number of allylic oxidation sites excluding steroid dienone is 1. The molecule has 2 aromatic heterocycles. The summed E-state index contributed by atoms with van der Waals surface area (Å²) in [7, 11) is 0. The topological polar surface area (TPSA) is 18.1 Å². The molecule has 0 atom stereocenters. The van der Waals surface area contributed by atoms with Gasteiger partial charge in [-0.2, -0.15) is 0 Å². The van der Waals surface area contributed by atoms with Crippen LogP contribution in [-0.2, 0) is 0 Å². The van der Waals surface area contributed by atoms with Crippen LogP contribution in [0.2, 0.25) is 0 Å². The van der Waals surface area contributed by atoms with E-state index in [0.717, 1.165) is 22.2 Å². The molecular formula is C23H17NO. The largest absolute Gasteiger partial charge is 0.464 e. The van der Waals surface area contributed by atoms with E-state index in [4.69, 9.17) is 4.42 Å². The molecule has 0 aliphatic carbocycles. The van der Waals surface area contributed by atoms with Crippen LogP contribution in [0.3, 0.4) is 0 Å². The molecule has 0 aliphatic heterocycles. The van der Waals surface area contributed by atoms with Gasteiger partial charge >= 0.3 is 0 Å². The Bertz CT molecular complexity index is 1200. The number of furan rings is 1. The minimum absolute atomic E-state index is 0.914. The zero-order valence-corrected chi connectivity index (χ0v) is 13.9. The van der Waals surface area contributed by atoms with E-state index in [9.17, 15) is 0 Å². The quantitative estimate of drug-likeness (QED) is 0.359. The lowest BCUT2D eigenvalue weighted by atomic mass is 10.1. The molecule has 0 aliphatic rings. The highest BCUT2D eigenvalue weighted by atomic mass is 16.3. The molecule has 5 rings (SSSR count). The van der Waals surface area contributed by atoms with Crippen molar-refractivity contribution >= 4 is 38.9 Å². The maximum Gasteiger partial charge on any atom is 0.134 e. The average Bonchev–Trinajstić information content (AvgIpc) is 3.21. The predicted molar refractivity (Wildman–Crippen MR) is 105 cm³/mol. The molecule has 0 saturated heterocycles. The first-order valence-corrected chi connectivity index (χ1v) is 8.49. The average molecular weight is 323 g/mol. The molecule has 2 heterocycles. The second-order valence-corrected chi connectivity index (χ2v) is 6.24. The standard InChI is InChI=1S/C23H17NO/c1-2-7-16-15-25-23-13-12-17(14-20(16)23)24-21-10-5-3-8-18(21)19-9-4-6-11-22(19)24/h2-15H,1H3/b7-2-. The maximum absolute atomic E-state index is 5.69. The third-order valence-corrected chi connectivity index (χ3v) is 4.77. The zero-order valence-electron chi connectivity index (χ0n) is 13.9. The molecule has 5 aromatic rings. The van der Waals surface area contributed by atoms with Crippen LogP contribution in [0.1, 0.15) is 12.5 Å². The zero-order chi connectivity index (χ0) is 16.8. The van der Waals surface area contributed by atoms with Crippen LogP contribution >= 0.6 is 0 Å². The molecule has 0 spiro atoms. The third kappa shape index (κ3) is 2.04. The lowest BCUT2D eigenvalue weighted by molar-refractivity contribution is 0.615. The second-order valence-electron chi connectivity index (χ2n) is 6.24. The predicted octanol–water partition coefficient (Wildman–Crippen LogP) is 6.56. The Morgan fingerprint density at radius 3 is 2.16 bits per heavy atom. The monoisotopic (exact) mass is 323 g/mol. The fourth-order valence-corrected chi connectivity index (χ4v) is 3.69. The van der Waals surface area contributed by atoms with E-state index in [1.807, 2.05) is 19.3 Å². The lowest BCUT2D eigenvalue weighted by Crippen LogP contribution is -1.93. The van der Waals surface area contributed by atoms with Crippen molar-refractivity contribution in [2.24, 2.45) is 0 Å². The summed E-state index contributed by atoms with van der Waals surface area (Å²) in [5.41, 5.74) is 5.62. The Labute approximate surface area is 145 Å². The summed E-state index contributed by atoms with van der Waals surface area (Å²) < 4.78 is 8.02. The summed E-state index contributed by atoms with van der Waals surface area (Å²) in [4.78, 5) is 0. The third-order valence-electron chi connectivity index (χ3n) is 4.77. The second kappa shape index (κ2) is 5.38. The van der Waals surface area contributed by atoms with Crippen molar-refractivity contribution in [2.45, 2.75) is 6.92 Å². The van der Waals surface area contributed by atoms with Crippen LogP contribution in [0.25, 0.3) is 44.5 Å². The molecule has 0 amide bonds. The summed E-state index contributed by atoms with van der Waals surface area (Å²) >= 11 is 0. The van der Waals surface area contributed by atoms with Gasteiger partial charge in [-0.15, -0.1) is 0 Å². The number of para-hydroxylation sites is 2. The molecule has 2 heteroatoms. The van der Waals surface area contributed by atoms with E-state index in [1.54, 1.807) is 0 Å². The van der Waals surface area contributed by atoms with Crippen molar-refractivity contribution in [3.05, 3.63) is 84.6 Å². The summed E-state index contributed by atoms with van der Waals surface area (Å²) in [6, 6.07) is 23.5. The Morgan fingerprint density at radius 2 is 1.48 bits per heavy atom. The van der Waals surface area contributed by atoms with Crippen LogP contribution in [0.5, 0.6) is 0 Å². The molecule has 25 heavy (non-hydrogen) atoms. The first-order chi connectivity index (χ1) is 12.4. The first kappa shape index (κ1) is 14.1. The number of hydrogen-bond acceptors (Lipinski definition) is 1. The molecule has 0 bridgehead atoms. The van der Waals surface area contributed by atoms with Gasteiger partial charge < -0.3 is 8.98 Å². The fourth-order valence-electron chi connectivity index (χ4n) is 3.69. The summed E-state index contributed by atoms with van der Waals surface area (Å²) in [6.45, 7) is 2.02. The number of rotatable bonds is 2. The normalized spacial score (nSPS) is 12.0. The number of benzene rings is 3. The Morgan fingerprint density at radius 1 is 0.800 bits per heavy atom. The van der Waals surface area contributed by atoms with Gasteiger partial charge in [0.1, 0.15) is 5.58 Å². The van der Waals surface area contributed by atoms with Gasteiger partial charge in [0.05, 0.1) is 17.3 Å². The SMILES string of the molecule is C/C=C\c1coc2ccc(-n3c4ccccc4c4ccccc43)cc12. The molecule has 3 aromatic carbocycles. The summed E-state index contributed by atoms with van der Waals surface area (Å²) in [5, 5.41) is 3.69. The van der Waals surface area contributed by atoms with E-state index >= 15 is 0 Å².